The number of esters is 1. The van der Waals surface area contributed by atoms with Gasteiger partial charge in [0.1, 0.15) is 10.6 Å². The molecule has 0 radical (unpaired) electrons. The zero-order valence-electron chi connectivity index (χ0n) is 20.5. The van der Waals surface area contributed by atoms with Gasteiger partial charge >= 0.3 is 5.97 Å². The number of anilines is 2. The third-order valence-electron chi connectivity index (χ3n) is 5.50. The van der Waals surface area contributed by atoms with Gasteiger partial charge in [-0.1, -0.05) is 54.2 Å². The van der Waals surface area contributed by atoms with Crippen LogP contribution in [0.5, 0.6) is 0 Å². The molecular weight excluding hydrogens is 494 g/mol. The van der Waals surface area contributed by atoms with E-state index in [0.717, 1.165) is 28.2 Å². The summed E-state index contributed by atoms with van der Waals surface area (Å²) >= 11 is 2.60. The highest BCUT2D eigenvalue weighted by molar-refractivity contribution is 7.99. The Bertz CT molecular complexity index is 1370. The van der Waals surface area contributed by atoms with Gasteiger partial charge < -0.3 is 19.5 Å². The van der Waals surface area contributed by atoms with E-state index in [-0.39, 0.29) is 11.7 Å². The van der Waals surface area contributed by atoms with Crippen LogP contribution in [0.15, 0.2) is 65.1 Å². The highest BCUT2D eigenvalue weighted by atomic mass is 32.2. The van der Waals surface area contributed by atoms with Crippen LogP contribution in [-0.4, -0.2) is 53.6 Å². The van der Waals surface area contributed by atoms with Gasteiger partial charge in [-0.05, 0) is 24.6 Å². The van der Waals surface area contributed by atoms with Gasteiger partial charge in [-0.15, -0.1) is 21.5 Å². The SMILES string of the molecule is CCn1c(SCC(=O)Nc2scc(-c3ccccc3)c2C(=O)OC)nnc1-c1cccc(N(C)C)c1. The van der Waals surface area contributed by atoms with E-state index in [1.54, 1.807) is 0 Å². The number of carbonyl (C=O) groups is 2. The minimum atomic E-state index is -0.492. The maximum absolute atomic E-state index is 12.9. The second kappa shape index (κ2) is 11.4. The highest BCUT2D eigenvalue weighted by Gasteiger charge is 2.23. The Morgan fingerprint density at radius 3 is 2.53 bits per heavy atom. The zero-order valence-corrected chi connectivity index (χ0v) is 22.2. The first-order valence-electron chi connectivity index (χ1n) is 11.3. The van der Waals surface area contributed by atoms with Gasteiger partial charge in [0.2, 0.25) is 5.91 Å². The quantitative estimate of drug-likeness (QED) is 0.237. The van der Waals surface area contributed by atoms with E-state index in [4.69, 9.17) is 4.74 Å². The van der Waals surface area contributed by atoms with Crippen LogP contribution in [0.4, 0.5) is 10.7 Å². The molecule has 0 aliphatic heterocycles. The molecule has 10 heteroatoms. The van der Waals surface area contributed by atoms with Crippen LogP contribution in [0, 0.1) is 0 Å². The minimum Gasteiger partial charge on any atom is -0.465 e. The van der Waals surface area contributed by atoms with E-state index in [2.05, 4.69) is 21.6 Å². The first kappa shape index (κ1) is 25.5. The van der Waals surface area contributed by atoms with Crippen molar-refractivity contribution in [2.45, 2.75) is 18.6 Å². The van der Waals surface area contributed by atoms with Crippen LogP contribution in [0.3, 0.4) is 0 Å². The molecule has 0 fully saturated rings. The van der Waals surface area contributed by atoms with Crippen molar-refractivity contribution in [2.75, 3.05) is 37.2 Å². The lowest BCUT2D eigenvalue weighted by atomic mass is 10.0. The first-order chi connectivity index (χ1) is 17.4. The summed E-state index contributed by atoms with van der Waals surface area (Å²) in [5.41, 5.74) is 3.99. The van der Waals surface area contributed by atoms with E-state index in [0.29, 0.717) is 22.3 Å². The molecule has 8 nitrogen and oxygen atoms in total. The van der Waals surface area contributed by atoms with E-state index >= 15 is 0 Å². The Kier molecular flexibility index (Phi) is 8.07. The van der Waals surface area contributed by atoms with Crippen molar-refractivity contribution in [3.05, 3.63) is 65.5 Å². The van der Waals surface area contributed by atoms with Gasteiger partial charge in [-0.3, -0.25) is 4.79 Å². The monoisotopic (exact) mass is 521 g/mol. The van der Waals surface area contributed by atoms with Crippen molar-refractivity contribution in [2.24, 2.45) is 0 Å². The van der Waals surface area contributed by atoms with E-state index in [1.807, 2.05) is 84.4 Å². The second-order valence-electron chi connectivity index (χ2n) is 8.04. The number of amides is 1. The van der Waals surface area contributed by atoms with Gasteiger partial charge in [0.25, 0.3) is 0 Å². The van der Waals surface area contributed by atoms with Crippen molar-refractivity contribution in [1.82, 2.24) is 14.8 Å². The van der Waals surface area contributed by atoms with Gasteiger partial charge in [-0.25, -0.2) is 4.79 Å². The zero-order chi connectivity index (χ0) is 25.7. The predicted octanol–water partition coefficient (Wildman–Crippen LogP) is 5.28. The lowest BCUT2D eigenvalue weighted by Crippen LogP contribution is -2.16. The van der Waals surface area contributed by atoms with Crippen molar-refractivity contribution < 1.29 is 14.3 Å². The molecule has 0 saturated heterocycles. The number of carbonyl (C=O) groups excluding carboxylic acids is 2. The third-order valence-corrected chi connectivity index (χ3v) is 7.37. The normalized spacial score (nSPS) is 10.8. The number of methoxy groups -OCH3 is 1. The molecule has 4 rings (SSSR count). The number of rotatable bonds is 9. The second-order valence-corrected chi connectivity index (χ2v) is 9.87. The Balaban J connectivity index is 1.50. The number of benzene rings is 2. The van der Waals surface area contributed by atoms with Gasteiger partial charge in [-0.2, -0.15) is 0 Å². The Hall–Kier alpha value is -3.63. The van der Waals surface area contributed by atoms with Crippen LogP contribution in [0.2, 0.25) is 0 Å². The smallest absolute Gasteiger partial charge is 0.341 e. The molecule has 36 heavy (non-hydrogen) atoms. The maximum atomic E-state index is 12.9. The fraction of sp³-hybridized carbons (Fsp3) is 0.231. The topological polar surface area (TPSA) is 89.3 Å². The number of thioether (sulfide) groups is 1. The summed E-state index contributed by atoms with van der Waals surface area (Å²) in [6.07, 6.45) is 0. The molecule has 2 aromatic carbocycles. The van der Waals surface area contributed by atoms with E-state index in [1.165, 1.54) is 30.2 Å². The molecule has 1 N–H and O–H groups in total. The molecule has 2 heterocycles. The van der Waals surface area contributed by atoms with Crippen molar-refractivity contribution >= 4 is 45.7 Å². The molecule has 0 unspecified atom stereocenters. The number of nitrogens with zero attached hydrogens (tertiary/aromatic N) is 4. The van der Waals surface area contributed by atoms with Crippen molar-refractivity contribution in [3.8, 4) is 22.5 Å². The Morgan fingerprint density at radius 2 is 1.83 bits per heavy atom. The van der Waals surface area contributed by atoms with Crippen LogP contribution >= 0.6 is 23.1 Å². The molecule has 0 saturated carbocycles. The van der Waals surface area contributed by atoms with Crippen molar-refractivity contribution in [3.63, 3.8) is 0 Å². The number of thiophene rings is 1. The Labute approximate surface area is 218 Å². The summed E-state index contributed by atoms with van der Waals surface area (Å²) in [6.45, 7) is 2.68. The fourth-order valence-electron chi connectivity index (χ4n) is 3.69. The summed E-state index contributed by atoms with van der Waals surface area (Å²) in [5.74, 6) is 0.138. The first-order valence-corrected chi connectivity index (χ1v) is 13.2. The summed E-state index contributed by atoms with van der Waals surface area (Å²) in [4.78, 5) is 27.4. The van der Waals surface area contributed by atoms with Gasteiger partial charge in [0, 0.05) is 42.8 Å². The molecule has 0 aliphatic rings. The number of nitrogens with one attached hydrogen (secondary N) is 1. The summed E-state index contributed by atoms with van der Waals surface area (Å²) in [5, 5.41) is 14.6. The van der Waals surface area contributed by atoms with E-state index in [9.17, 15) is 9.59 Å². The lowest BCUT2D eigenvalue weighted by Gasteiger charge is -2.14. The van der Waals surface area contributed by atoms with Crippen molar-refractivity contribution in [1.29, 1.82) is 0 Å². The molecule has 0 atom stereocenters. The molecule has 2 aromatic heterocycles. The molecule has 0 spiro atoms. The molecule has 4 aromatic rings. The Morgan fingerprint density at radius 1 is 1.08 bits per heavy atom. The molecule has 0 bridgehead atoms. The number of hydrogen-bond acceptors (Lipinski definition) is 8. The lowest BCUT2D eigenvalue weighted by molar-refractivity contribution is -0.113. The third kappa shape index (κ3) is 5.44. The average molecular weight is 522 g/mol. The van der Waals surface area contributed by atoms with Crippen LogP contribution in [0.1, 0.15) is 17.3 Å². The molecule has 186 valence electrons. The standard InChI is InChI=1S/C26H27N5O3S2/c1-5-31-23(18-12-9-13-19(14-18)30(2)3)28-29-26(31)36-16-21(32)27-24-22(25(33)34-4)20(15-35-24)17-10-7-6-8-11-17/h6-15H,5,16H2,1-4H3,(H,27,32). The molecule has 0 aliphatic carbocycles. The predicted molar refractivity (Wildman–Crippen MR) is 146 cm³/mol. The van der Waals surface area contributed by atoms with Gasteiger partial charge in [0.05, 0.1) is 12.9 Å². The summed E-state index contributed by atoms with van der Waals surface area (Å²) in [7, 11) is 5.32. The molecule has 1 amide bonds. The summed E-state index contributed by atoms with van der Waals surface area (Å²) < 4.78 is 6.98. The summed E-state index contributed by atoms with van der Waals surface area (Å²) in [6, 6.07) is 17.6. The fourth-order valence-corrected chi connectivity index (χ4v) is 5.47. The maximum Gasteiger partial charge on any atom is 0.341 e. The molecular formula is C26H27N5O3S2. The number of ether oxygens (including phenoxy) is 1. The van der Waals surface area contributed by atoms with Crippen LogP contribution < -0.4 is 10.2 Å². The van der Waals surface area contributed by atoms with Crippen LogP contribution in [-0.2, 0) is 16.1 Å². The van der Waals surface area contributed by atoms with E-state index < -0.39 is 5.97 Å². The number of hydrogen-bond donors (Lipinski definition) is 1. The van der Waals surface area contributed by atoms with Gasteiger partial charge in [0.15, 0.2) is 11.0 Å². The number of aromatic nitrogens is 3. The van der Waals surface area contributed by atoms with Crippen LogP contribution in [0.25, 0.3) is 22.5 Å². The highest BCUT2D eigenvalue weighted by Crippen LogP contribution is 2.36. The largest absolute Gasteiger partial charge is 0.465 e. The minimum absolute atomic E-state index is 0.120. The average Bonchev–Trinajstić information content (AvgIpc) is 3.51.